The number of rotatable bonds is 3. The molecule has 0 amide bonds. The fraction of sp³-hybridized carbons (Fsp3) is 0.200. The number of benzene rings is 2. The largest absolute Gasteiger partial charge is 0.326 e. The van der Waals surface area contributed by atoms with Crippen LogP contribution in [0.2, 0.25) is 5.02 Å². The zero-order chi connectivity index (χ0) is 13.1. The van der Waals surface area contributed by atoms with Crippen molar-refractivity contribution in [1.29, 1.82) is 0 Å². The molecule has 0 heterocycles. The molecule has 1 nitrogen and oxygen atoms in total. The van der Waals surface area contributed by atoms with Gasteiger partial charge in [0.15, 0.2) is 0 Å². The van der Waals surface area contributed by atoms with Crippen LogP contribution < -0.4 is 5.73 Å². The Morgan fingerprint density at radius 1 is 1.11 bits per heavy atom. The van der Waals surface area contributed by atoms with E-state index in [4.69, 9.17) is 17.3 Å². The third kappa shape index (κ3) is 3.08. The highest BCUT2D eigenvalue weighted by Crippen LogP contribution is 2.33. The minimum absolute atomic E-state index is 0.480. The zero-order valence-corrected chi connectivity index (χ0v) is 12.1. The predicted octanol–water partition coefficient (Wildman–Crippen LogP) is 4.57. The molecule has 0 radical (unpaired) electrons. The lowest BCUT2D eigenvalue weighted by molar-refractivity contribution is 1.07. The van der Waals surface area contributed by atoms with Crippen LogP contribution in [-0.4, -0.2) is 0 Å². The summed E-state index contributed by atoms with van der Waals surface area (Å²) in [5, 5.41) is 0.743. The van der Waals surface area contributed by atoms with Crippen molar-refractivity contribution in [3.05, 3.63) is 58.1 Å². The monoisotopic (exact) mass is 277 g/mol. The Morgan fingerprint density at radius 2 is 1.89 bits per heavy atom. The summed E-state index contributed by atoms with van der Waals surface area (Å²) >= 11 is 7.90. The van der Waals surface area contributed by atoms with Crippen LogP contribution in [0, 0.1) is 13.8 Å². The molecule has 0 aromatic heterocycles. The first-order chi connectivity index (χ1) is 8.60. The smallest absolute Gasteiger partial charge is 0.0462 e. The average molecular weight is 278 g/mol. The summed E-state index contributed by atoms with van der Waals surface area (Å²) in [6.45, 7) is 4.72. The molecule has 0 saturated carbocycles. The van der Waals surface area contributed by atoms with E-state index in [1.54, 1.807) is 11.8 Å². The van der Waals surface area contributed by atoms with Gasteiger partial charge in [0.05, 0.1) is 0 Å². The van der Waals surface area contributed by atoms with Crippen molar-refractivity contribution in [2.45, 2.75) is 30.2 Å². The second-order valence-electron chi connectivity index (χ2n) is 4.33. The molecule has 0 atom stereocenters. The van der Waals surface area contributed by atoms with Crippen molar-refractivity contribution < 1.29 is 0 Å². The van der Waals surface area contributed by atoms with Crippen LogP contribution in [0.3, 0.4) is 0 Å². The van der Waals surface area contributed by atoms with Gasteiger partial charge >= 0.3 is 0 Å². The Morgan fingerprint density at radius 3 is 2.50 bits per heavy atom. The third-order valence-corrected chi connectivity index (χ3v) is 4.32. The van der Waals surface area contributed by atoms with Gasteiger partial charge in [0, 0.05) is 21.4 Å². The van der Waals surface area contributed by atoms with Crippen LogP contribution in [0.15, 0.2) is 46.2 Å². The van der Waals surface area contributed by atoms with Crippen LogP contribution in [0.1, 0.15) is 16.7 Å². The van der Waals surface area contributed by atoms with E-state index in [9.17, 15) is 0 Å². The molecule has 3 heteroatoms. The lowest BCUT2D eigenvalue weighted by atomic mass is 10.2. The molecule has 0 saturated heterocycles. The van der Waals surface area contributed by atoms with E-state index in [1.165, 1.54) is 16.0 Å². The van der Waals surface area contributed by atoms with Gasteiger partial charge in [-0.3, -0.25) is 0 Å². The van der Waals surface area contributed by atoms with Gasteiger partial charge in [-0.2, -0.15) is 0 Å². The molecule has 0 aliphatic rings. The first-order valence-corrected chi connectivity index (χ1v) is 7.03. The molecule has 0 aliphatic carbocycles. The number of nitrogens with two attached hydrogens (primary N) is 1. The summed E-state index contributed by atoms with van der Waals surface area (Å²) in [5.41, 5.74) is 9.17. The fourth-order valence-corrected chi connectivity index (χ4v) is 3.04. The summed E-state index contributed by atoms with van der Waals surface area (Å²) in [5.74, 6) is 0. The molecule has 2 rings (SSSR count). The molecule has 2 N–H and O–H groups in total. The van der Waals surface area contributed by atoms with Crippen molar-refractivity contribution >= 4 is 23.4 Å². The maximum Gasteiger partial charge on any atom is 0.0462 e. The molecular weight excluding hydrogens is 262 g/mol. The maximum absolute atomic E-state index is 6.17. The van der Waals surface area contributed by atoms with Gasteiger partial charge < -0.3 is 5.73 Å². The van der Waals surface area contributed by atoms with Crippen molar-refractivity contribution in [1.82, 2.24) is 0 Å². The van der Waals surface area contributed by atoms with E-state index in [1.807, 2.05) is 12.1 Å². The minimum Gasteiger partial charge on any atom is -0.326 e. The highest BCUT2D eigenvalue weighted by molar-refractivity contribution is 7.99. The molecule has 94 valence electrons. The van der Waals surface area contributed by atoms with E-state index < -0.39 is 0 Å². The van der Waals surface area contributed by atoms with Crippen LogP contribution in [0.5, 0.6) is 0 Å². The van der Waals surface area contributed by atoms with E-state index in [2.05, 4.69) is 38.1 Å². The number of hydrogen-bond acceptors (Lipinski definition) is 2. The Bertz CT molecular complexity index is 566. The summed E-state index contributed by atoms with van der Waals surface area (Å²) in [6.07, 6.45) is 0. The molecule has 0 unspecified atom stereocenters. The summed E-state index contributed by atoms with van der Waals surface area (Å²) in [6, 6.07) is 12.5. The number of hydrogen-bond donors (Lipinski definition) is 1. The molecule has 0 spiro atoms. The first kappa shape index (κ1) is 13.5. The molecule has 0 bridgehead atoms. The second-order valence-corrected chi connectivity index (χ2v) is 5.85. The van der Waals surface area contributed by atoms with Crippen molar-refractivity contribution in [2.75, 3.05) is 0 Å². The maximum atomic E-state index is 6.17. The van der Waals surface area contributed by atoms with E-state index in [0.717, 1.165) is 15.5 Å². The van der Waals surface area contributed by atoms with E-state index in [0.29, 0.717) is 6.54 Å². The fourth-order valence-electron chi connectivity index (χ4n) is 1.80. The van der Waals surface area contributed by atoms with Crippen molar-refractivity contribution in [3.8, 4) is 0 Å². The normalized spacial score (nSPS) is 10.7. The van der Waals surface area contributed by atoms with Gasteiger partial charge in [-0.05, 0) is 43.2 Å². The molecule has 18 heavy (non-hydrogen) atoms. The van der Waals surface area contributed by atoms with Gasteiger partial charge in [-0.15, -0.1) is 0 Å². The predicted molar refractivity (Wildman–Crippen MR) is 79.4 cm³/mol. The van der Waals surface area contributed by atoms with Gasteiger partial charge in [0.2, 0.25) is 0 Å². The van der Waals surface area contributed by atoms with Crippen LogP contribution in [-0.2, 0) is 6.54 Å². The molecular formula is C15H16ClNS. The van der Waals surface area contributed by atoms with Gasteiger partial charge in [-0.1, -0.05) is 47.1 Å². The number of halogens is 1. The second kappa shape index (κ2) is 5.79. The highest BCUT2D eigenvalue weighted by Gasteiger charge is 2.04. The van der Waals surface area contributed by atoms with Crippen molar-refractivity contribution in [3.63, 3.8) is 0 Å². The van der Waals surface area contributed by atoms with Crippen molar-refractivity contribution in [2.24, 2.45) is 5.73 Å². The molecule has 2 aromatic rings. The lowest BCUT2D eigenvalue weighted by Gasteiger charge is -2.08. The highest BCUT2D eigenvalue weighted by atomic mass is 35.5. The summed E-state index contributed by atoms with van der Waals surface area (Å²) in [4.78, 5) is 2.40. The molecule has 2 aromatic carbocycles. The van der Waals surface area contributed by atoms with Crippen LogP contribution >= 0.6 is 23.4 Å². The van der Waals surface area contributed by atoms with Crippen LogP contribution in [0.25, 0.3) is 0 Å². The van der Waals surface area contributed by atoms with Gasteiger partial charge in [0.1, 0.15) is 0 Å². The Balaban J connectivity index is 2.26. The van der Waals surface area contributed by atoms with E-state index in [-0.39, 0.29) is 0 Å². The van der Waals surface area contributed by atoms with Crippen LogP contribution in [0.4, 0.5) is 0 Å². The quantitative estimate of drug-likeness (QED) is 0.890. The molecule has 0 fully saturated rings. The van der Waals surface area contributed by atoms with Gasteiger partial charge in [-0.25, -0.2) is 0 Å². The zero-order valence-electron chi connectivity index (χ0n) is 10.5. The first-order valence-electron chi connectivity index (χ1n) is 5.84. The average Bonchev–Trinajstić information content (AvgIpc) is 2.33. The Labute approximate surface area is 117 Å². The standard InChI is InChI=1S/C15H16ClNS/c1-10-3-6-15(11(2)7-10)18-13-5-4-12(9-17)14(16)8-13/h3-8H,9,17H2,1-2H3. The summed E-state index contributed by atoms with van der Waals surface area (Å²) in [7, 11) is 0. The lowest BCUT2D eigenvalue weighted by Crippen LogP contribution is -1.96. The SMILES string of the molecule is Cc1ccc(Sc2ccc(CN)c(Cl)c2)c(C)c1. The number of aryl methyl sites for hydroxylation is 2. The topological polar surface area (TPSA) is 26.0 Å². The van der Waals surface area contributed by atoms with E-state index >= 15 is 0 Å². The Kier molecular flexibility index (Phi) is 4.33. The third-order valence-electron chi connectivity index (χ3n) is 2.80. The summed E-state index contributed by atoms with van der Waals surface area (Å²) < 4.78 is 0. The van der Waals surface area contributed by atoms with Gasteiger partial charge in [0.25, 0.3) is 0 Å². The Hall–Kier alpha value is -0.960. The minimum atomic E-state index is 0.480. The molecule has 0 aliphatic heterocycles.